The number of piperidine rings is 1. The van der Waals surface area contributed by atoms with Crippen molar-refractivity contribution in [1.82, 2.24) is 4.90 Å². The maximum atomic E-state index is 12.2. The molecule has 0 aromatic carbocycles. The molecule has 102 valence electrons. The van der Waals surface area contributed by atoms with Crippen molar-refractivity contribution in [2.24, 2.45) is 0 Å². The third-order valence-electron chi connectivity index (χ3n) is 4.34. The zero-order valence-electron chi connectivity index (χ0n) is 11.6. The van der Waals surface area contributed by atoms with Gasteiger partial charge in [0.1, 0.15) is 5.78 Å². The molecule has 1 amide bonds. The Morgan fingerprint density at radius 1 is 1.28 bits per heavy atom. The molecule has 0 aromatic rings. The molecule has 2 aliphatic heterocycles. The van der Waals surface area contributed by atoms with E-state index in [9.17, 15) is 9.59 Å². The fourth-order valence-electron chi connectivity index (χ4n) is 3.47. The molecule has 2 rings (SSSR count). The number of Topliss-reactive ketones (excluding diaryl/α,β-unsaturated/α-hetero) is 1. The first-order chi connectivity index (χ1) is 8.41. The first-order valence-corrected chi connectivity index (χ1v) is 6.90. The molecule has 2 saturated heterocycles. The highest BCUT2D eigenvalue weighted by Crippen LogP contribution is 2.49. The van der Waals surface area contributed by atoms with E-state index in [-0.39, 0.29) is 23.0 Å². The van der Waals surface area contributed by atoms with Crippen LogP contribution in [0.1, 0.15) is 59.3 Å². The Morgan fingerprint density at radius 2 is 1.83 bits per heavy atom. The van der Waals surface area contributed by atoms with Crippen LogP contribution < -0.4 is 0 Å². The Morgan fingerprint density at radius 3 is 2.33 bits per heavy atom. The quantitative estimate of drug-likeness (QED) is 0.726. The molecule has 2 heterocycles. The maximum absolute atomic E-state index is 12.2. The number of ketones is 1. The van der Waals surface area contributed by atoms with Gasteiger partial charge in [-0.3, -0.25) is 9.69 Å². The molecule has 18 heavy (non-hydrogen) atoms. The van der Waals surface area contributed by atoms with Crippen molar-refractivity contribution < 1.29 is 14.3 Å². The summed E-state index contributed by atoms with van der Waals surface area (Å²) in [5.74, 6) is 0.273. The van der Waals surface area contributed by atoms with Crippen molar-refractivity contribution >= 4 is 11.9 Å². The smallest absolute Gasteiger partial charge is 0.410 e. The van der Waals surface area contributed by atoms with Crippen LogP contribution in [0.25, 0.3) is 0 Å². The lowest BCUT2D eigenvalue weighted by Crippen LogP contribution is -2.59. The molecule has 2 fully saturated rings. The highest BCUT2D eigenvalue weighted by atomic mass is 16.6. The minimum absolute atomic E-state index is 0.238. The minimum atomic E-state index is -0.326. The van der Waals surface area contributed by atoms with Crippen molar-refractivity contribution in [3.63, 3.8) is 0 Å². The third kappa shape index (κ3) is 2.13. The Hall–Kier alpha value is -1.06. The summed E-state index contributed by atoms with van der Waals surface area (Å²) in [6, 6.07) is 0. The van der Waals surface area contributed by atoms with Crippen LogP contribution in [0.3, 0.4) is 0 Å². The number of amides is 1. The zero-order valence-corrected chi connectivity index (χ0v) is 11.6. The molecule has 0 spiro atoms. The van der Waals surface area contributed by atoms with Gasteiger partial charge in [-0.2, -0.15) is 0 Å². The number of ether oxygens (including phenoxy) is 1. The Kier molecular flexibility index (Phi) is 3.39. The third-order valence-corrected chi connectivity index (χ3v) is 4.34. The normalized spacial score (nSPS) is 34.8. The molecule has 0 aromatic heterocycles. The number of hydrogen-bond donors (Lipinski definition) is 0. The molecule has 4 nitrogen and oxygen atoms in total. The van der Waals surface area contributed by atoms with Gasteiger partial charge in [-0.1, -0.05) is 13.3 Å². The van der Waals surface area contributed by atoms with Crippen LogP contribution in [0, 0.1) is 0 Å². The van der Waals surface area contributed by atoms with Gasteiger partial charge >= 0.3 is 6.09 Å². The van der Waals surface area contributed by atoms with Gasteiger partial charge in [0.25, 0.3) is 0 Å². The van der Waals surface area contributed by atoms with Gasteiger partial charge in [-0.15, -0.1) is 0 Å². The van der Waals surface area contributed by atoms with Crippen LogP contribution in [-0.2, 0) is 9.53 Å². The Labute approximate surface area is 109 Å². The van der Waals surface area contributed by atoms with E-state index < -0.39 is 0 Å². The number of unbranched alkanes of at least 4 members (excludes halogenated alkanes) is 1. The highest BCUT2D eigenvalue weighted by molar-refractivity contribution is 5.85. The molecular formula is C14H23NO3. The van der Waals surface area contributed by atoms with Crippen LogP contribution >= 0.6 is 0 Å². The SMILES string of the molecule is CCCCOC(=O)N1C2(C)CCC1(C)CC(=O)C2. The standard InChI is InChI=1S/C14H23NO3/c1-4-5-8-18-12(17)15-13(2)6-7-14(15,3)10-11(16)9-13/h4-10H2,1-3H3. The van der Waals surface area contributed by atoms with E-state index in [1.165, 1.54) is 0 Å². The largest absolute Gasteiger partial charge is 0.449 e. The van der Waals surface area contributed by atoms with Crippen molar-refractivity contribution in [3.05, 3.63) is 0 Å². The summed E-state index contributed by atoms with van der Waals surface area (Å²) in [5.41, 5.74) is -0.652. The number of rotatable bonds is 3. The molecule has 0 N–H and O–H groups in total. The second-order valence-electron chi connectivity index (χ2n) is 6.19. The van der Waals surface area contributed by atoms with Crippen molar-refractivity contribution in [2.75, 3.05) is 6.61 Å². The van der Waals surface area contributed by atoms with Gasteiger partial charge in [-0.25, -0.2) is 4.79 Å². The van der Waals surface area contributed by atoms with E-state index in [4.69, 9.17) is 4.74 Å². The summed E-state index contributed by atoms with van der Waals surface area (Å²) in [6.07, 6.45) is 4.43. The van der Waals surface area contributed by atoms with Crippen molar-refractivity contribution in [1.29, 1.82) is 0 Å². The topological polar surface area (TPSA) is 46.6 Å². The fraction of sp³-hybridized carbons (Fsp3) is 0.857. The van der Waals surface area contributed by atoms with Crippen LogP contribution in [0.5, 0.6) is 0 Å². The molecule has 2 unspecified atom stereocenters. The molecule has 2 bridgehead atoms. The Bertz CT molecular complexity index is 346. The summed E-state index contributed by atoms with van der Waals surface area (Å²) < 4.78 is 5.34. The fourth-order valence-corrected chi connectivity index (χ4v) is 3.47. The lowest BCUT2D eigenvalue weighted by atomic mass is 9.85. The van der Waals surface area contributed by atoms with Crippen LogP contribution in [0.4, 0.5) is 4.79 Å². The van der Waals surface area contributed by atoms with E-state index >= 15 is 0 Å². The van der Waals surface area contributed by atoms with E-state index in [1.54, 1.807) is 0 Å². The summed E-state index contributed by atoms with van der Waals surface area (Å²) >= 11 is 0. The second kappa shape index (κ2) is 4.56. The number of fused-ring (bicyclic) bond motifs is 2. The maximum Gasteiger partial charge on any atom is 0.410 e. The predicted octanol–water partition coefficient (Wildman–Crippen LogP) is 2.90. The number of carbonyl (C=O) groups is 2. The average molecular weight is 253 g/mol. The Balaban J connectivity index is 2.12. The van der Waals surface area contributed by atoms with Crippen molar-refractivity contribution in [3.8, 4) is 0 Å². The molecule has 2 atom stereocenters. The molecule has 0 saturated carbocycles. The van der Waals surface area contributed by atoms with Gasteiger partial charge < -0.3 is 4.74 Å². The lowest BCUT2D eigenvalue weighted by Gasteiger charge is -2.46. The van der Waals surface area contributed by atoms with Crippen molar-refractivity contribution in [2.45, 2.75) is 70.4 Å². The summed E-state index contributed by atoms with van der Waals surface area (Å²) in [7, 11) is 0. The van der Waals surface area contributed by atoms with Gasteiger partial charge in [0, 0.05) is 12.8 Å². The van der Waals surface area contributed by atoms with Crippen LogP contribution in [0.2, 0.25) is 0 Å². The van der Waals surface area contributed by atoms with Gasteiger partial charge in [-0.05, 0) is 33.1 Å². The highest BCUT2D eigenvalue weighted by Gasteiger charge is 2.57. The van der Waals surface area contributed by atoms with Crippen LogP contribution in [0.15, 0.2) is 0 Å². The van der Waals surface area contributed by atoms with E-state index in [0.717, 1.165) is 25.7 Å². The molecule has 4 heteroatoms. The van der Waals surface area contributed by atoms with E-state index in [1.807, 2.05) is 18.7 Å². The van der Waals surface area contributed by atoms with Crippen LogP contribution in [-0.4, -0.2) is 34.5 Å². The number of hydrogen-bond acceptors (Lipinski definition) is 3. The number of carbonyl (C=O) groups excluding carboxylic acids is 2. The summed E-state index contributed by atoms with van der Waals surface area (Å²) in [5, 5.41) is 0. The molecule has 0 radical (unpaired) electrons. The average Bonchev–Trinajstić information content (AvgIpc) is 2.43. The monoisotopic (exact) mass is 253 g/mol. The number of nitrogens with zero attached hydrogens (tertiary/aromatic N) is 1. The van der Waals surface area contributed by atoms with E-state index in [0.29, 0.717) is 19.4 Å². The summed E-state index contributed by atoms with van der Waals surface area (Å²) in [4.78, 5) is 25.9. The van der Waals surface area contributed by atoms with E-state index in [2.05, 4.69) is 6.92 Å². The van der Waals surface area contributed by atoms with Gasteiger partial charge in [0.2, 0.25) is 0 Å². The van der Waals surface area contributed by atoms with Gasteiger partial charge in [0.15, 0.2) is 0 Å². The minimum Gasteiger partial charge on any atom is -0.449 e. The van der Waals surface area contributed by atoms with Gasteiger partial charge in [0.05, 0.1) is 17.7 Å². The molecule has 0 aliphatic carbocycles. The molecular weight excluding hydrogens is 230 g/mol. The second-order valence-corrected chi connectivity index (χ2v) is 6.19. The summed E-state index contributed by atoms with van der Waals surface area (Å²) in [6.45, 7) is 6.57. The molecule has 2 aliphatic rings. The first kappa shape index (κ1) is 13.4. The lowest BCUT2D eigenvalue weighted by molar-refractivity contribution is -0.128. The predicted molar refractivity (Wildman–Crippen MR) is 68.4 cm³/mol. The zero-order chi connectivity index (χ0) is 13.4. The first-order valence-electron chi connectivity index (χ1n) is 6.90.